The number of H-pyrrole nitrogens is 1. The molecule has 2 aromatic carbocycles. The van der Waals surface area contributed by atoms with Crippen LogP contribution in [0.2, 0.25) is 0 Å². The van der Waals surface area contributed by atoms with Crippen molar-refractivity contribution in [2.75, 3.05) is 32.8 Å². The van der Waals surface area contributed by atoms with Crippen LogP contribution in [-0.2, 0) is 11.3 Å². The molecule has 1 aromatic heterocycles. The number of nitrogens with zero attached hydrogens (tertiary/aromatic N) is 1. The van der Waals surface area contributed by atoms with E-state index in [1.807, 2.05) is 24.3 Å². The number of aromatic amines is 1. The Labute approximate surface area is 228 Å². The average molecular weight is 534 g/mol. The van der Waals surface area contributed by atoms with Gasteiger partial charge in [-0.3, -0.25) is 14.5 Å². The Balaban J connectivity index is 0.991. The zero-order chi connectivity index (χ0) is 27.2. The molecule has 6 rings (SSSR count). The zero-order valence-corrected chi connectivity index (χ0v) is 22.1. The molecule has 207 valence electrons. The SMILES string of the molecule is O=C(N[C@H]1[CH]C2CCN1CC2)c1cccc(COCCCCNC[C@H](O)c2ccc(O)c3[nH]c(=O)ccc23)c1. The van der Waals surface area contributed by atoms with Gasteiger partial charge in [-0.05, 0) is 73.5 Å². The van der Waals surface area contributed by atoms with Crippen molar-refractivity contribution in [1.82, 2.24) is 20.5 Å². The van der Waals surface area contributed by atoms with Gasteiger partial charge in [0.25, 0.3) is 5.91 Å². The summed E-state index contributed by atoms with van der Waals surface area (Å²) in [6, 6.07) is 13.8. The maximum atomic E-state index is 12.8. The number of benzene rings is 2. The third-order valence-corrected chi connectivity index (χ3v) is 7.65. The third kappa shape index (κ3) is 6.86. The molecule has 1 radical (unpaired) electrons. The number of pyridine rings is 1. The van der Waals surface area contributed by atoms with Crippen LogP contribution in [0.5, 0.6) is 5.75 Å². The van der Waals surface area contributed by atoms with Crippen LogP contribution in [-0.4, -0.2) is 65.0 Å². The van der Waals surface area contributed by atoms with Crippen LogP contribution in [0.15, 0.2) is 53.3 Å². The van der Waals surface area contributed by atoms with Gasteiger partial charge in [-0.1, -0.05) is 18.2 Å². The van der Waals surface area contributed by atoms with Crippen LogP contribution in [0.3, 0.4) is 0 Å². The number of phenolic OH excluding ortho intramolecular Hbond substituents is 1. The molecule has 3 saturated heterocycles. The molecule has 9 heteroatoms. The molecule has 2 atom stereocenters. The topological polar surface area (TPSA) is 127 Å². The molecule has 0 aliphatic carbocycles. The van der Waals surface area contributed by atoms with E-state index in [4.69, 9.17) is 4.74 Å². The quantitative estimate of drug-likeness (QED) is 0.227. The van der Waals surface area contributed by atoms with E-state index in [-0.39, 0.29) is 23.4 Å². The van der Waals surface area contributed by atoms with E-state index in [1.165, 1.54) is 25.0 Å². The minimum atomic E-state index is -0.775. The van der Waals surface area contributed by atoms with E-state index >= 15 is 0 Å². The second-order valence-electron chi connectivity index (χ2n) is 10.4. The Hall–Kier alpha value is -3.24. The molecule has 5 N–H and O–H groups in total. The summed E-state index contributed by atoms with van der Waals surface area (Å²) in [5.74, 6) is 0.546. The molecule has 0 saturated carbocycles. The predicted octanol–water partition coefficient (Wildman–Crippen LogP) is 2.84. The molecule has 2 bridgehead atoms. The molecular weight excluding hydrogens is 496 g/mol. The first-order valence-corrected chi connectivity index (χ1v) is 13.8. The van der Waals surface area contributed by atoms with Gasteiger partial charge in [0.1, 0.15) is 5.75 Å². The first kappa shape index (κ1) is 27.3. The van der Waals surface area contributed by atoms with Crippen LogP contribution in [0.4, 0.5) is 0 Å². The average Bonchev–Trinajstić information content (AvgIpc) is 2.95. The molecule has 1 amide bonds. The highest BCUT2D eigenvalue weighted by Crippen LogP contribution is 2.30. The van der Waals surface area contributed by atoms with Gasteiger partial charge in [0.15, 0.2) is 0 Å². The number of carbonyl (C=O) groups is 1. The number of aliphatic hydroxyl groups is 1. The van der Waals surface area contributed by atoms with Crippen molar-refractivity contribution in [3.8, 4) is 5.75 Å². The lowest BCUT2D eigenvalue weighted by Gasteiger charge is -2.45. The number of aliphatic hydroxyl groups excluding tert-OH is 1. The van der Waals surface area contributed by atoms with E-state index in [2.05, 4.69) is 26.9 Å². The lowest BCUT2D eigenvalue weighted by Crippen LogP contribution is -2.57. The van der Waals surface area contributed by atoms with Gasteiger partial charge in [0, 0.05) is 49.7 Å². The maximum absolute atomic E-state index is 12.8. The van der Waals surface area contributed by atoms with Crippen molar-refractivity contribution >= 4 is 16.8 Å². The number of fused-ring (bicyclic) bond motifs is 4. The van der Waals surface area contributed by atoms with Gasteiger partial charge < -0.3 is 30.6 Å². The van der Waals surface area contributed by atoms with E-state index in [9.17, 15) is 19.8 Å². The molecule has 39 heavy (non-hydrogen) atoms. The summed E-state index contributed by atoms with van der Waals surface area (Å²) in [5.41, 5.74) is 2.30. The summed E-state index contributed by atoms with van der Waals surface area (Å²) in [6.45, 7) is 4.23. The minimum absolute atomic E-state index is 0.0236. The fourth-order valence-corrected chi connectivity index (χ4v) is 5.47. The number of aromatic nitrogens is 1. The number of phenols is 1. The van der Waals surface area contributed by atoms with Crippen LogP contribution in [0.1, 0.15) is 53.3 Å². The van der Waals surface area contributed by atoms with Crippen LogP contribution >= 0.6 is 0 Å². The molecule has 9 nitrogen and oxygen atoms in total. The predicted molar refractivity (Wildman–Crippen MR) is 149 cm³/mol. The number of nitrogens with one attached hydrogen (secondary N) is 3. The number of amides is 1. The highest BCUT2D eigenvalue weighted by Gasteiger charge is 2.34. The summed E-state index contributed by atoms with van der Waals surface area (Å²) in [7, 11) is 0. The van der Waals surface area contributed by atoms with E-state index in [0.29, 0.717) is 47.7 Å². The first-order valence-electron chi connectivity index (χ1n) is 13.8. The smallest absolute Gasteiger partial charge is 0.252 e. The van der Waals surface area contributed by atoms with Crippen LogP contribution in [0, 0.1) is 12.3 Å². The Morgan fingerprint density at radius 2 is 1.97 bits per heavy atom. The number of hydrogen-bond donors (Lipinski definition) is 5. The van der Waals surface area contributed by atoms with Crippen molar-refractivity contribution in [3.05, 3.63) is 82.0 Å². The highest BCUT2D eigenvalue weighted by atomic mass is 16.5. The minimum Gasteiger partial charge on any atom is -0.506 e. The molecule has 3 aliphatic heterocycles. The standard InChI is InChI=1S/C30H37N4O5/c35-25-8-6-23(24-7-9-28(37)33-29(24)25)26(36)18-31-12-1-2-15-39-19-21-4-3-5-22(16-21)30(38)32-27-17-20-10-13-34(27)14-11-20/h3-9,16-17,20,26-27,31,35-36H,1-2,10-15,18-19H2,(H,32,38)(H,33,37)/t26-,27+/m0/s1. The van der Waals surface area contributed by atoms with E-state index in [1.54, 1.807) is 12.1 Å². The number of hydrogen-bond acceptors (Lipinski definition) is 7. The van der Waals surface area contributed by atoms with Gasteiger partial charge >= 0.3 is 0 Å². The normalized spacial score (nSPS) is 21.2. The van der Waals surface area contributed by atoms with Crippen molar-refractivity contribution in [2.24, 2.45) is 5.92 Å². The molecule has 3 aromatic rings. The number of ether oxygens (including phenoxy) is 1. The fraction of sp³-hybridized carbons (Fsp3) is 0.433. The second-order valence-corrected chi connectivity index (χ2v) is 10.4. The number of rotatable bonds is 12. The zero-order valence-electron chi connectivity index (χ0n) is 22.1. The van der Waals surface area contributed by atoms with Crippen molar-refractivity contribution in [3.63, 3.8) is 0 Å². The fourth-order valence-electron chi connectivity index (χ4n) is 5.47. The van der Waals surface area contributed by atoms with Crippen LogP contribution in [0.25, 0.3) is 10.9 Å². The van der Waals surface area contributed by atoms with E-state index in [0.717, 1.165) is 38.0 Å². The van der Waals surface area contributed by atoms with Gasteiger partial charge in [-0.15, -0.1) is 0 Å². The molecule has 4 heterocycles. The van der Waals surface area contributed by atoms with Crippen molar-refractivity contribution in [2.45, 2.75) is 44.6 Å². The highest BCUT2D eigenvalue weighted by molar-refractivity contribution is 5.94. The molecule has 0 spiro atoms. The third-order valence-electron chi connectivity index (χ3n) is 7.65. The summed E-state index contributed by atoms with van der Waals surface area (Å²) >= 11 is 0. The number of carbonyl (C=O) groups excluding carboxylic acids is 1. The lowest BCUT2D eigenvalue weighted by atomic mass is 9.86. The number of aromatic hydroxyl groups is 1. The summed E-state index contributed by atoms with van der Waals surface area (Å²) in [4.78, 5) is 29.3. The van der Waals surface area contributed by atoms with Gasteiger partial charge in [-0.2, -0.15) is 0 Å². The summed E-state index contributed by atoms with van der Waals surface area (Å²) in [6.07, 6.45) is 5.66. The Bertz CT molecular complexity index is 1330. The van der Waals surface area contributed by atoms with Crippen molar-refractivity contribution in [1.29, 1.82) is 0 Å². The lowest BCUT2D eigenvalue weighted by molar-refractivity contribution is 0.0639. The van der Waals surface area contributed by atoms with Crippen LogP contribution < -0.4 is 16.2 Å². The molecular formula is C30H37N4O5. The molecule has 3 aliphatic rings. The van der Waals surface area contributed by atoms with Gasteiger partial charge in [0.2, 0.25) is 5.56 Å². The largest absolute Gasteiger partial charge is 0.506 e. The molecule has 3 fully saturated rings. The Kier molecular flexibility index (Phi) is 8.93. The summed E-state index contributed by atoms with van der Waals surface area (Å²) in [5, 5.41) is 27.7. The number of unbranched alkanes of at least 4 members (excludes halogenated alkanes) is 1. The number of piperidine rings is 3. The van der Waals surface area contributed by atoms with E-state index < -0.39 is 6.10 Å². The van der Waals surface area contributed by atoms with Crippen molar-refractivity contribution < 1.29 is 19.7 Å². The Morgan fingerprint density at radius 3 is 2.77 bits per heavy atom. The van der Waals surface area contributed by atoms with Gasteiger partial charge in [0.05, 0.1) is 24.4 Å². The Morgan fingerprint density at radius 1 is 1.13 bits per heavy atom. The molecule has 0 unspecified atom stereocenters. The summed E-state index contributed by atoms with van der Waals surface area (Å²) < 4.78 is 5.83. The maximum Gasteiger partial charge on any atom is 0.252 e. The second kappa shape index (κ2) is 12.7. The monoisotopic (exact) mass is 533 g/mol. The first-order chi connectivity index (χ1) is 19.0. The van der Waals surface area contributed by atoms with Gasteiger partial charge in [-0.25, -0.2) is 0 Å².